The summed E-state index contributed by atoms with van der Waals surface area (Å²) in [6, 6.07) is 14.1. The minimum Gasteiger partial charge on any atom is -0.324 e. The number of benzene rings is 2. The van der Waals surface area contributed by atoms with Crippen molar-refractivity contribution in [2.24, 2.45) is 5.73 Å². The topological polar surface area (TPSA) is 29.3 Å². The minimum atomic E-state index is -0.0834. The first-order valence-corrected chi connectivity index (χ1v) is 7.89. The number of hydrogen-bond donors (Lipinski definition) is 1. The number of hydrogen-bond acceptors (Lipinski definition) is 2. The second-order valence-corrected chi connectivity index (χ2v) is 6.30. The molecule has 2 nitrogen and oxygen atoms in total. The second-order valence-electron chi connectivity index (χ2n) is 5.52. The van der Waals surface area contributed by atoms with Crippen molar-refractivity contribution in [2.75, 3.05) is 6.54 Å². The van der Waals surface area contributed by atoms with Crippen molar-refractivity contribution in [1.29, 1.82) is 0 Å². The molecule has 0 aromatic heterocycles. The molecule has 110 valence electrons. The lowest BCUT2D eigenvalue weighted by Crippen LogP contribution is -2.22. The molecule has 2 aromatic carbocycles. The van der Waals surface area contributed by atoms with Crippen molar-refractivity contribution >= 4 is 23.2 Å². The molecule has 4 heteroatoms. The molecule has 21 heavy (non-hydrogen) atoms. The van der Waals surface area contributed by atoms with Crippen LogP contribution in [0.2, 0.25) is 10.0 Å². The van der Waals surface area contributed by atoms with Gasteiger partial charge in [0, 0.05) is 25.7 Å². The molecule has 3 rings (SSSR count). The molecule has 1 atom stereocenters. The molecule has 0 amide bonds. The Balaban J connectivity index is 1.60. The summed E-state index contributed by atoms with van der Waals surface area (Å²) in [7, 11) is 0. The first-order valence-electron chi connectivity index (χ1n) is 7.14. The van der Waals surface area contributed by atoms with Gasteiger partial charge in [-0.05, 0) is 29.2 Å². The van der Waals surface area contributed by atoms with Crippen molar-refractivity contribution < 1.29 is 0 Å². The third kappa shape index (κ3) is 3.24. The highest BCUT2D eigenvalue weighted by Crippen LogP contribution is 2.31. The summed E-state index contributed by atoms with van der Waals surface area (Å²) in [5.74, 6) is 0. The predicted octanol–water partition coefficient (Wildman–Crippen LogP) is 4.40. The van der Waals surface area contributed by atoms with Gasteiger partial charge in [-0.3, -0.25) is 4.90 Å². The Morgan fingerprint density at radius 1 is 1.00 bits per heavy atom. The Bertz CT molecular complexity index is 617. The maximum absolute atomic E-state index is 6.28. The molecule has 0 radical (unpaired) electrons. The third-order valence-corrected chi connectivity index (χ3v) is 4.88. The van der Waals surface area contributed by atoms with Crippen LogP contribution in [0.15, 0.2) is 42.5 Å². The van der Waals surface area contributed by atoms with E-state index in [1.165, 1.54) is 11.1 Å². The van der Waals surface area contributed by atoms with E-state index in [-0.39, 0.29) is 6.04 Å². The lowest BCUT2D eigenvalue weighted by atomic mass is 10.0. The lowest BCUT2D eigenvalue weighted by molar-refractivity contribution is 0.272. The van der Waals surface area contributed by atoms with Crippen LogP contribution in [0.4, 0.5) is 0 Å². The van der Waals surface area contributed by atoms with Gasteiger partial charge in [0.1, 0.15) is 0 Å². The quantitative estimate of drug-likeness (QED) is 0.904. The van der Waals surface area contributed by atoms with E-state index in [9.17, 15) is 0 Å². The maximum atomic E-state index is 6.28. The van der Waals surface area contributed by atoms with Crippen LogP contribution in [0, 0.1) is 0 Å². The van der Waals surface area contributed by atoms with E-state index in [1.807, 2.05) is 12.1 Å². The summed E-state index contributed by atoms with van der Waals surface area (Å²) >= 11 is 12.3. The van der Waals surface area contributed by atoms with Crippen molar-refractivity contribution in [3.05, 3.63) is 69.2 Å². The molecule has 0 aliphatic carbocycles. The Labute approximate surface area is 135 Å². The minimum absolute atomic E-state index is 0.0834. The highest BCUT2D eigenvalue weighted by molar-refractivity contribution is 6.42. The van der Waals surface area contributed by atoms with Crippen LogP contribution >= 0.6 is 23.2 Å². The summed E-state index contributed by atoms with van der Waals surface area (Å²) in [6.07, 6.45) is 0.869. The zero-order valence-corrected chi connectivity index (χ0v) is 13.2. The van der Waals surface area contributed by atoms with Crippen LogP contribution in [0.25, 0.3) is 0 Å². The standard InChI is InChI=1S/C17H18Cl2N2/c18-15-7-3-6-14(17(15)19)16(20)8-9-21-10-12-4-1-2-5-13(12)11-21/h1-7,16H,8-11,20H2. The molecular weight excluding hydrogens is 303 g/mol. The molecule has 0 saturated heterocycles. The van der Waals surface area contributed by atoms with Crippen molar-refractivity contribution in [2.45, 2.75) is 25.6 Å². The molecule has 0 saturated carbocycles. The van der Waals surface area contributed by atoms with Gasteiger partial charge in [0.15, 0.2) is 0 Å². The van der Waals surface area contributed by atoms with Crippen LogP contribution in [0.1, 0.15) is 29.2 Å². The molecule has 0 spiro atoms. The van der Waals surface area contributed by atoms with Gasteiger partial charge < -0.3 is 5.73 Å². The van der Waals surface area contributed by atoms with Gasteiger partial charge in [-0.2, -0.15) is 0 Å². The average molecular weight is 321 g/mol. The summed E-state index contributed by atoms with van der Waals surface area (Å²) in [6.45, 7) is 2.97. The fraction of sp³-hybridized carbons (Fsp3) is 0.294. The van der Waals surface area contributed by atoms with Crippen molar-refractivity contribution in [3.8, 4) is 0 Å². The van der Waals surface area contributed by atoms with Crippen molar-refractivity contribution in [3.63, 3.8) is 0 Å². The van der Waals surface area contributed by atoms with Crippen molar-refractivity contribution in [1.82, 2.24) is 4.90 Å². The molecule has 0 fully saturated rings. The molecule has 2 N–H and O–H groups in total. The fourth-order valence-corrected chi connectivity index (χ4v) is 3.29. The van der Waals surface area contributed by atoms with Crippen LogP contribution in [0.5, 0.6) is 0 Å². The summed E-state index contributed by atoms with van der Waals surface area (Å²) in [5.41, 5.74) is 10.1. The molecule has 1 heterocycles. The van der Waals surface area contributed by atoms with E-state index < -0.39 is 0 Å². The fourth-order valence-electron chi connectivity index (χ4n) is 2.85. The highest BCUT2D eigenvalue weighted by Gasteiger charge is 2.19. The smallest absolute Gasteiger partial charge is 0.0640 e. The van der Waals surface area contributed by atoms with Crippen LogP contribution < -0.4 is 5.73 Å². The SMILES string of the molecule is NC(CCN1Cc2ccccc2C1)c1cccc(Cl)c1Cl. The maximum Gasteiger partial charge on any atom is 0.0640 e. The third-order valence-electron chi connectivity index (χ3n) is 4.04. The van der Waals surface area contributed by atoms with Crippen LogP contribution in [-0.2, 0) is 13.1 Å². The summed E-state index contributed by atoms with van der Waals surface area (Å²) in [5, 5.41) is 1.15. The van der Waals surface area contributed by atoms with E-state index in [2.05, 4.69) is 29.2 Å². The van der Waals surface area contributed by atoms with E-state index in [0.29, 0.717) is 10.0 Å². The van der Waals surface area contributed by atoms with Gasteiger partial charge in [-0.15, -0.1) is 0 Å². The first-order chi connectivity index (χ1) is 10.1. The number of halogens is 2. The van der Waals surface area contributed by atoms with Gasteiger partial charge >= 0.3 is 0 Å². The second kappa shape index (κ2) is 6.37. The zero-order chi connectivity index (χ0) is 14.8. The monoisotopic (exact) mass is 320 g/mol. The zero-order valence-electron chi connectivity index (χ0n) is 11.7. The highest BCUT2D eigenvalue weighted by atomic mass is 35.5. The van der Waals surface area contributed by atoms with E-state index >= 15 is 0 Å². The molecule has 1 aliphatic rings. The summed E-state index contributed by atoms with van der Waals surface area (Å²) < 4.78 is 0. The largest absolute Gasteiger partial charge is 0.324 e. The van der Waals surface area contributed by atoms with Crippen LogP contribution in [0.3, 0.4) is 0 Å². The summed E-state index contributed by atoms with van der Waals surface area (Å²) in [4.78, 5) is 2.42. The van der Waals surface area contributed by atoms with Gasteiger partial charge in [-0.25, -0.2) is 0 Å². The molecular formula is C17H18Cl2N2. The first kappa shape index (κ1) is 14.9. The van der Waals surface area contributed by atoms with Gasteiger partial charge in [-0.1, -0.05) is 59.6 Å². The van der Waals surface area contributed by atoms with Crippen LogP contribution in [-0.4, -0.2) is 11.4 Å². The lowest BCUT2D eigenvalue weighted by Gasteiger charge is -2.19. The predicted molar refractivity (Wildman–Crippen MR) is 88.6 cm³/mol. The number of nitrogens with zero attached hydrogens (tertiary/aromatic N) is 1. The molecule has 0 bridgehead atoms. The Kier molecular flexibility index (Phi) is 4.51. The Hall–Kier alpha value is -1.06. The van der Waals surface area contributed by atoms with Gasteiger partial charge in [0.05, 0.1) is 10.0 Å². The number of fused-ring (bicyclic) bond motifs is 1. The normalized spacial score (nSPS) is 16.0. The van der Waals surface area contributed by atoms with Gasteiger partial charge in [0.2, 0.25) is 0 Å². The molecule has 1 aliphatic heterocycles. The van der Waals surface area contributed by atoms with E-state index in [4.69, 9.17) is 28.9 Å². The Morgan fingerprint density at radius 2 is 1.67 bits per heavy atom. The number of nitrogens with two attached hydrogens (primary N) is 1. The van der Waals surface area contributed by atoms with Gasteiger partial charge in [0.25, 0.3) is 0 Å². The van der Waals surface area contributed by atoms with E-state index in [1.54, 1.807) is 6.07 Å². The molecule has 2 aromatic rings. The van der Waals surface area contributed by atoms with E-state index in [0.717, 1.165) is 31.6 Å². The average Bonchev–Trinajstić information content (AvgIpc) is 2.90. The Morgan fingerprint density at radius 3 is 2.33 bits per heavy atom. The number of rotatable bonds is 4. The molecule has 1 unspecified atom stereocenters.